The van der Waals surface area contributed by atoms with Crippen LogP contribution in [-0.4, -0.2) is 55.2 Å². The lowest BCUT2D eigenvalue weighted by atomic mass is 10.3. The molecule has 0 aliphatic heterocycles. The Balaban J connectivity index is 2.61. The van der Waals surface area contributed by atoms with Gasteiger partial charge in [-0.2, -0.15) is 0 Å². The van der Waals surface area contributed by atoms with Crippen LogP contribution in [0.2, 0.25) is 0 Å². The number of carboxylic acid groups (broad SMARTS) is 1. The highest BCUT2D eigenvalue weighted by Gasteiger charge is 2.14. The van der Waals surface area contributed by atoms with Crippen molar-refractivity contribution in [2.75, 3.05) is 38.7 Å². The fourth-order valence-electron chi connectivity index (χ4n) is 1.61. The van der Waals surface area contributed by atoms with Crippen LogP contribution in [0, 0.1) is 0 Å². The average Bonchev–Trinajstić information content (AvgIpc) is 2.38. The molecule has 2 N–H and O–H groups in total. The molecule has 0 saturated heterocycles. The molecule has 0 aromatic heterocycles. The van der Waals surface area contributed by atoms with Crippen LogP contribution in [0.25, 0.3) is 0 Å². The summed E-state index contributed by atoms with van der Waals surface area (Å²) in [5.74, 6) is -1.26. The first-order valence-electron chi connectivity index (χ1n) is 6.10. The van der Waals surface area contributed by atoms with Crippen LogP contribution in [-0.2, 0) is 14.3 Å². The first kappa shape index (κ1) is 18.1. The average molecular weight is 424 g/mol. The SMILES string of the molecule is COCCN(CC(=O)O)CC(=O)Nc1ccc(Br)cc1Br. The van der Waals surface area contributed by atoms with Gasteiger partial charge in [0.25, 0.3) is 0 Å². The predicted octanol–water partition coefficient (Wildman–Crippen LogP) is 2.18. The molecule has 0 bridgehead atoms. The van der Waals surface area contributed by atoms with Gasteiger partial charge in [0.05, 0.1) is 25.4 Å². The van der Waals surface area contributed by atoms with E-state index in [9.17, 15) is 9.59 Å². The Morgan fingerprint density at radius 3 is 2.62 bits per heavy atom. The van der Waals surface area contributed by atoms with Gasteiger partial charge in [0, 0.05) is 22.6 Å². The number of hydrogen-bond acceptors (Lipinski definition) is 4. The Bertz CT molecular complexity index is 511. The van der Waals surface area contributed by atoms with Gasteiger partial charge in [0.1, 0.15) is 0 Å². The Morgan fingerprint density at radius 1 is 1.33 bits per heavy atom. The summed E-state index contributed by atoms with van der Waals surface area (Å²) in [6.45, 7) is 0.511. The maximum absolute atomic E-state index is 12.0. The van der Waals surface area contributed by atoms with Crippen molar-refractivity contribution in [3.63, 3.8) is 0 Å². The minimum absolute atomic E-state index is 0.0157. The predicted molar refractivity (Wildman–Crippen MR) is 86.4 cm³/mol. The second-order valence-corrected chi connectivity index (χ2v) is 6.04. The van der Waals surface area contributed by atoms with Crippen molar-refractivity contribution in [3.8, 4) is 0 Å². The standard InChI is InChI=1S/C13H16Br2N2O4/c1-21-5-4-17(8-13(19)20)7-12(18)16-11-3-2-9(14)6-10(11)15/h2-3,6H,4-5,7-8H2,1H3,(H,16,18)(H,19,20). The Hall–Kier alpha value is -0.960. The van der Waals surface area contributed by atoms with Crippen LogP contribution in [0.15, 0.2) is 27.1 Å². The molecule has 116 valence electrons. The first-order valence-corrected chi connectivity index (χ1v) is 7.69. The highest BCUT2D eigenvalue weighted by Crippen LogP contribution is 2.26. The second-order valence-electron chi connectivity index (χ2n) is 4.27. The van der Waals surface area contributed by atoms with Crippen molar-refractivity contribution in [2.24, 2.45) is 0 Å². The molecule has 0 atom stereocenters. The lowest BCUT2D eigenvalue weighted by molar-refractivity contribution is -0.138. The lowest BCUT2D eigenvalue weighted by Crippen LogP contribution is -2.38. The quantitative estimate of drug-likeness (QED) is 0.669. The number of carboxylic acids is 1. The van der Waals surface area contributed by atoms with E-state index in [1.54, 1.807) is 12.1 Å². The monoisotopic (exact) mass is 422 g/mol. The van der Waals surface area contributed by atoms with Gasteiger partial charge in [-0.05, 0) is 34.1 Å². The summed E-state index contributed by atoms with van der Waals surface area (Å²) in [4.78, 5) is 24.3. The van der Waals surface area contributed by atoms with Crippen molar-refractivity contribution in [3.05, 3.63) is 27.1 Å². The molecule has 21 heavy (non-hydrogen) atoms. The number of amides is 1. The number of methoxy groups -OCH3 is 1. The normalized spacial score (nSPS) is 10.7. The third-order valence-corrected chi connectivity index (χ3v) is 3.69. The molecule has 1 aromatic rings. The molecule has 1 aromatic carbocycles. The molecule has 0 fully saturated rings. The summed E-state index contributed by atoms with van der Waals surface area (Å²) >= 11 is 6.68. The molecule has 1 rings (SSSR count). The number of carbonyl (C=O) groups is 2. The van der Waals surface area contributed by atoms with Crippen molar-refractivity contribution in [1.29, 1.82) is 0 Å². The number of benzene rings is 1. The van der Waals surface area contributed by atoms with Gasteiger partial charge in [-0.15, -0.1) is 0 Å². The molecule has 0 aliphatic rings. The van der Waals surface area contributed by atoms with Crippen molar-refractivity contribution < 1.29 is 19.4 Å². The van der Waals surface area contributed by atoms with E-state index in [1.807, 2.05) is 6.07 Å². The number of rotatable bonds is 8. The summed E-state index contributed by atoms with van der Waals surface area (Å²) < 4.78 is 6.54. The number of ether oxygens (including phenoxy) is 1. The van der Waals surface area contributed by atoms with Gasteiger partial charge in [0.2, 0.25) is 5.91 Å². The summed E-state index contributed by atoms with van der Waals surface area (Å²) in [6, 6.07) is 5.37. The third-order valence-electron chi connectivity index (χ3n) is 2.54. The van der Waals surface area contributed by atoms with E-state index < -0.39 is 5.97 Å². The molecule has 0 spiro atoms. The molecule has 0 saturated carbocycles. The van der Waals surface area contributed by atoms with Gasteiger partial charge in [0.15, 0.2) is 0 Å². The summed E-state index contributed by atoms with van der Waals surface area (Å²) in [7, 11) is 1.53. The third kappa shape index (κ3) is 7.03. The van der Waals surface area contributed by atoms with E-state index in [2.05, 4.69) is 37.2 Å². The summed E-state index contributed by atoms with van der Waals surface area (Å²) in [6.07, 6.45) is 0. The molecule has 0 aliphatic carbocycles. The Kier molecular flexibility index (Phi) is 7.87. The van der Waals surface area contributed by atoms with Gasteiger partial charge in [-0.25, -0.2) is 0 Å². The minimum atomic E-state index is -0.983. The molecule has 0 heterocycles. The number of anilines is 1. The summed E-state index contributed by atoms with van der Waals surface area (Å²) in [5.41, 5.74) is 0.630. The highest BCUT2D eigenvalue weighted by atomic mass is 79.9. The highest BCUT2D eigenvalue weighted by molar-refractivity contribution is 9.11. The van der Waals surface area contributed by atoms with E-state index in [0.29, 0.717) is 18.8 Å². The van der Waals surface area contributed by atoms with Gasteiger partial charge >= 0.3 is 5.97 Å². The van der Waals surface area contributed by atoms with E-state index >= 15 is 0 Å². The topological polar surface area (TPSA) is 78.9 Å². The maximum atomic E-state index is 12.0. The van der Waals surface area contributed by atoms with Gasteiger partial charge in [-0.1, -0.05) is 15.9 Å². The van der Waals surface area contributed by atoms with Crippen LogP contribution in [0.5, 0.6) is 0 Å². The number of hydrogen-bond donors (Lipinski definition) is 2. The number of nitrogens with one attached hydrogen (secondary N) is 1. The Morgan fingerprint density at radius 2 is 2.05 bits per heavy atom. The number of aliphatic carboxylic acids is 1. The zero-order valence-corrected chi connectivity index (χ0v) is 14.6. The molecule has 0 radical (unpaired) electrons. The molecular weight excluding hydrogens is 408 g/mol. The van der Waals surface area contributed by atoms with Crippen molar-refractivity contribution >= 4 is 49.4 Å². The van der Waals surface area contributed by atoms with Crippen LogP contribution < -0.4 is 5.32 Å². The molecule has 6 nitrogen and oxygen atoms in total. The fourth-order valence-corrected chi connectivity index (χ4v) is 2.76. The van der Waals surface area contributed by atoms with Crippen LogP contribution >= 0.6 is 31.9 Å². The van der Waals surface area contributed by atoms with E-state index in [-0.39, 0.29) is 19.0 Å². The van der Waals surface area contributed by atoms with Gasteiger partial charge < -0.3 is 15.2 Å². The van der Waals surface area contributed by atoms with E-state index in [4.69, 9.17) is 9.84 Å². The van der Waals surface area contributed by atoms with Crippen LogP contribution in [0.4, 0.5) is 5.69 Å². The molecule has 1 amide bonds. The molecule has 0 unspecified atom stereocenters. The van der Waals surface area contributed by atoms with Gasteiger partial charge in [-0.3, -0.25) is 14.5 Å². The zero-order chi connectivity index (χ0) is 15.8. The van der Waals surface area contributed by atoms with E-state index in [1.165, 1.54) is 12.0 Å². The smallest absolute Gasteiger partial charge is 0.317 e. The largest absolute Gasteiger partial charge is 0.480 e. The lowest BCUT2D eigenvalue weighted by Gasteiger charge is -2.19. The van der Waals surface area contributed by atoms with Crippen LogP contribution in [0.3, 0.4) is 0 Å². The number of carbonyl (C=O) groups excluding carboxylic acids is 1. The first-order chi connectivity index (χ1) is 9.92. The fraction of sp³-hybridized carbons (Fsp3) is 0.385. The minimum Gasteiger partial charge on any atom is -0.480 e. The molecular formula is C13H16Br2N2O4. The van der Waals surface area contributed by atoms with E-state index in [0.717, 1.165) is 8.95 Å². The maximum Gasteiger partial charge on any atom is 0.317 e. The molecule has 8 heteroatoms. The Labute approximate surface area is 139 Å². The second kappa shape index (κ2) is 9.14. The van der Waals surface area contributed by atoms with Crippen molar-refractivity contribution in [2.45, 2.75) is 0 Å². The van der Waals surface area contributed by atoms with Crippen molar-refractivity contribution in [1.82, 2.24) is 4.90 Å². The number of nitrogens with zero attached hydrogens (tertiary/aromatic N) is 1. The zero-order valence-electron chi connectivity index (χ0n) is 11.4. The number of halogens is 2. The summed E-state index contributed by atoms with van der Waals surface area (Å²) in [5, 5.41) is 11.6. The van der Waals surface area contributed by atoms with Crippen LogP contribution in [0.1, 0.15) is 0 Å².